The van der Waals surface area contributed by atoms with Crippen LogP contribution in [0.1, 0.15) is 19.8 Å². The summed E-state index contributed by atoms with van der Waals surface area (Å²) in [5.74, 6) is -1.48. The Balaban J connectivity index is 2.03. The first-order valence-electron chi connectivity index (χ1n) is 7.87. The Morgan fingerprint density at radius 2 is 2.04 bits per heavy atom. The third-order valence-corrected chi connectivity index (χ3v) is 3.69. The largest absolute Gasteiger partial charge is 0.573 e. The normalized spacial score (nSPS) is 17.8. The van der Waals surface area contributed by atoms with Gasteiger partial charge in [-0.05, 0) is 31.9 Å². The number of hydrogen-bond acceptors (Lipinski definition) is 4. The maximum absolute atomic E-state index is 12.4. The van der Waals surface area contributed by atoms with Gasteiger partial charge in [0.05, 0.1) is 18.2 Å². The molecule has 138 valence electrons. The van der Waals surface area contributed by atoms with Gasteiger partial charge < -0.3 is 19.7 Å². The smallest absolute Gasteiger partial charge is 0.450 e. The zero-order valence-electron chi connectivity index (χ0n) is 13.6. The summed E-state index contributed by atoms with van der Waals surface area (Å²) in [6, 6.07) is 5.31. The first kappa shape index (κ1) is 18.9. The Kier molecular flexibility index (Phi) is 6.11. The summed E-state index contributed by atoms with van der Waals surface area (Å²) in [4.78, 5) is 25.6. The van der Waals surface area contributed by atoms with Crippen LogP contribution in [0.4, 0.5) is 23.7 Å². The Labute approximate surface area is 142 Å². The quantitative estimate of drug-likeness (QED) is 0.894. The predicted octanol–water partition coefficient (Wildman–Crippen LogP) is 3.39. The van der Waals surface area contributed by atoms with E-state index in [0.29, 0.717) is 19.4 Å². The molecular weight excluding hydrogens is 341 g/mol. The molecule has 1 unspecified atom stereocenters. The van der Waals surface area contributed by atoms with Gasteiger partial charge in [0.25, 0.3) is 0 Å². The van der Waals surface area contributed by atoms with Gasteiger partial charge in [-0.2, -0.15) is 0 Å². The molecule has 1 aliphatic rings. The van der Waals surface area contributed by atoms with E-state index in [1.165, 1.54) is 23.1 Å². The summed E-state index contributed by atoms with van der Waals surface area (Å²) in [5.41, 5.74) is -0.0712. The molecule has 1 aromatic carbocycles. The van der Waals surface area contributed by atoms with E-state index in [1.807, 2.05) is 0 Å². The average Bonchev–Trinajstić information content (AvgIpc) is 2.55. The number of nitrogens with zero attached hydrogens (tertiary/aromatic N) is 1. The number of likely N-dealkylation sites (tertiary alicyclic amines) is 1. The van der Waals surface area contributed by atoms with E-state index in [4.69, 9.17) is 4.74 Å². The molecule has 25 heavy (non-hydrogen) atoms. The highest BCUT2D eigenvalue weighted by molar-refractivity contribution is 5.94. The van der Waals surface area contributed by atoms with Crippen LogP contribution in [0.15, 0.2) is 24.3 Å². The van der Waals surface area contributed by atoms with Gasteiger partial charge in [0.2, 0.25) is 5.91 Å². The molecule has 1 saturated heterocycles. The number of benzene rings is 1. The highest BCUT2D eigenvalue weighted by atomic mass is 19.4. The lowest BCUT2D eigenvalue weighted by Gasteiger charge is -2.31. The highest BCUT2D eigenvalue weighted by Crippen LogP contribution is 2.30. The molecule has 1 fully saturated rings. The molecule has 0 radical (unpaired) electrons. The van der Waals surface area contributed by atoms with Crippen LogP contribution in [0.3, 0.4) is 0 Å². The zero-order chi connectivity index (χ0) is 18.4. The van der Waals surface area contributed by atoms with Crippen LogP contribution in [-0.4, -0.2) is 43.0 Å². The molecule has 2 rings (SSSR count). The number of para-hydroxylation sites is 2. The number of anilines is 1. The van der Waals surface area contributed by atoms with Crippen LogP contribution < -0.4 is 10.1 Å². The van der Waals surface area contributed by atoms with Crippen molar-refractivity contribution in [2.45, 2.75) is 26.1 Å². The summed E-state index contributed by atoms with van der Waals surface area (Å²) in [6.07, 6.45) is -4.21. The van der Waals surface area contributed by atoms with Crippen molar-refractivity contribution in [1.29, 1.82) is 0 Å². The Bertz CT molecular complexity index is 622. The minimum absolute atomic E-state index is 0.0712. The van der Waals surface area contributed by atoms with Crippen molar-refractivity contribution >= 4 is 17.7 Å². The first-order chi connectivity index (χ1) is 11.8. The van der Waals surface area contributed by atoms with Crippen molar-refractivity contribution in [2.24, 2.45) is 5.92 Å². The fourth-order valence-electron chi connectivity index (χ4n) is 2.59. The third kappa shape index (κ3) is 5.54. The van der Waals surface area contributed by atoms with Gasteiger partial charge in [-0.1, -0.05) is 12.1 Å². The SMILES string of the molecule is CCOC(=O)N1CCCC(C(=O)Nc2ccccc2OC(F)(F)F)C1. The summed E-state index contributed by atoms with van der Waals surface area (Å²) in [5, 5.41) is 2.45. The lowest BCUT2D eigenvalue weighted by atomic mass is 9.97. The predicted molar refractivity (Wildman–Crippen MR) is 83.1 cm³/mol. The Hall–Kier alpha value is -2.45. The van der Waals surface area contributed by atoms with E-state index < -0.39 is 30.0 Å². The molecule has 1 atom stereocenters. The second kappa shape index (κ2) is 8.09. The molecule has 0 spiro atoms. The van der Waals surface area contributed by atoms with Gasteiger partial charge in [-0.3, -0.25) is 4.79 Å². The molecule has 0 aromatic heterocycles. The summed E-state index contributed by atoms with van der Waals surface area (Å²) < 4.78 is 46.1. The lowest BCUT2D eigenvalue weighted by molar-refractivity contribution is -0.274. The van der Waals surface area contributed by atoms with Crippen molar-refractivity contribution in [3.8, 4) is 5.75 Å². The van der Waals surface area contributed by atoms with Gasteiger partial charge in [0, 0.05) is 13.1 Å². The van der Waals surface area contributed by atoms with E-state index in [-0.39, 0.29) is 18.8 Å². The standard InChI is InChI=1S/C16H19F3N2O4/c1-2-24-15(23)21-9-5-6-11(10-21)14(22)20-12-7-3-4-8-13(12)25-16(17,18)19/h3-4,7-8,11H,2,5-6,9-10H2,1H3,(H,20,22). The summed E-state index contributed by atoms with van der Waals surface area (Å²) >= 11 is 0. The van der Waals surface area contributed by atoms with Gasteiger partial charge >= 0.3 is 12.5 Å². The molecule has 1 heterocycles. The molecule has 0 saturated carbocycles. The number of ether oxygens (including phenoxy) is 2. The first-order valence-corrected chi connectivity index (χ1v) is 7.87. The van der Waals surface area contributed by atoms with Crippen molar-refractivity contribution in [2.75, 3.05) is 25.0 Å². The molecule has 0 bridgehead atoms. The summed E-state index contributed by atoms with van der Waals surface area (Å²) in [7, 11) is 0. The monoisotopic (exact) mass is 360 g/mol. The van der Waals surface area contributed by atoms with Crippen LogP contribution in [0.2, 0.25) is 0 Å². The number of amides is 2. The number of carbonyl (C=O) groups is 2. The van der Waals surface area contributed by atoms with Crippen molar-refractivity contribution in [1.82, 2.24) is 4.90 Å². The lowest BCUT2D eigenvalue weighted by Crippen LogP contribution is -2.44. The molecule has 1 aromatic rings. The maximum Gasteiger partial charge on any atom is 0.573 e. The maximum atomic E-state index is 12.4. The van der Waals surface area contributed by atoms with Gasteiger partial charge in [-0.15, -0.1) is 13.2 Å². The Morgan fingerprint density at radius 1 is 1.32 bits per heavy atom. The fraction of sp³-hybridized carbons (Fsp3) is 0.500. The second-order valence-electron chi connectivity index (χ2n) is 5.52. The van der Waals surface area contributed by atoms with Gasteiger partial charge in [0.1, 0.15) is 0 Å². The van der Waals surface area contributed by atoms with Crippen LogP contribution in [0, 0.1) is 5.92 Å². The third-order valence-electron chi connectivity index (χ3n) is 3.69. The van der Waals surface area contributed by atoms with E-state index in [9.17, 15) is 22.8 Å². The average molecular weight is 360 g/mol. The number of hydrogen-bond donors (Lipinski definition) is 1. The van der Waals surface area contributed by atoms with Gasteiger partial charge in [0.15, 0.2) is 5.75 Å². The van der Waals surface area contributed by atoms with E-state index >= 15 is 0 Å². The topological polar surface area (TPSA) is 67.9 Å². The van der Waals surface area contributed by atoms with Crippen LogP contribution in [-0.2, 0) is 9.53 Å². The second-order valence-corrected chi connectivity index (χ2v) is 5.52. The molecule has 1 N–H and O–H groups in total. The van der Waals surface area contributed by atoms with Crippen LogP contribution in [0.25, 0.3) is 0 Å². The van der Waals surface area contributed by atoms with Gasteiger partial charge in [-0.25, -0.2) is 4.79 Å². The highest BCUT2D eigenvalue weighted by Gasteiger charge is 2.33. The van der Waals surface area contributed by atoms with Crippen molar-refractivity contribution in [3.05, 3.63) is 24.3 Å². The molecule has 6 nitrogen and oxygen atoms in total. The number of halogens is 3. The number of piperidine rings is 1. The van der Waals surface area contributed by atoms with Crippen LogP contribution in [0.5, 0.6) is 5.75 Å². The minimum atomic E-state index is -4.85. The minimum Gasteiger partial charge on any atom is -0.450 e. The molecule has 2 amide bonds. The fourth-order valence-corrected chi connectivity index (χ4v) is 2.59. The van der Waals surface area contributed by atoms with E-state index in [2.05, 4.69) is 10.1 Å². The molecule has 9 heteroatoms. The van der Waals surface area contributed by atoms with E-state index in [0.717, 1.165) is 6.07 Å². The van der Waals surface area contributed by atoms with Crippen LogP contribution >= 0.6 is 0 Å². The summed E-state index contributed by atoms with van der Waals surface area (Å²) in [6.45, 7) is 2.56. The number of carbonyl (C=O) groups excluding carboxylic acids is 2. The number of rotatable bonds is 4. The number of alkyl halides is 3. The molecule has 1 aliphatic heterocycles. The molecule has 0 aliphatic carbocycles. The van der Waals surface area contributed by atoms with Crippen molar-refractivity contribution < 1.29 is 32.2 Å². The van der Waals surface area contributed by atoms with Crippen molar-refractivity contribution in [3.63, 3.8) is 0 Å². The van der Waals surface area contributed by atoms with E-state index in [1.54, 1.807) is 6.92 Å². The molecular formula is C16H19F3N2O4. The number of nitrogens with one attached hydrogen (secondary N) is 1. The zero-order valence-corrected chi connectivity index (χ0v) is 13.6. The Morgan fingerprint density at radius 3 is 2.72 bits per heavy atom.